The minimum atomic E-state index is -0.307. The lowest BCUT2D eigenvalue weighted by Gasteiger charge is -2.55. The van der Waals surface area contributed by atoms with Crippen LogP contribution in [0.3, 0.4) is 0 Å². The van der Waals surface area contributed by atoms with Crippen LogP contribution in [0.1, 0.15) is 57.3 Å². The van der Waals surface area contributed by atoms with E-state index in [1.807, 2.05) is 31.2 Å². The van der Waals surface area contributed by atoms with E-state index in [1.165, 1.54) is 6.92 Å². The predicted octanol–water partition coefficient (Wildman–Crippen LogP) is 5.10. The summed E-state index contributed by atoms with van der Waals surface area (Å²) in [6.07, 6.45) is 3.69. The second kappa shape index (κ2) is 7.94. The van der Waals surface area contributed by atoms with Crippen molar-refractivity contribution >= 4 is 11.9 Å². The van der Waals surface area contributed by atoms with Crippen LogP contribution in [0.5, 0.6) is 0 Å². The lowest BCUT2D eigenvalue weighted by atomic mass is 9.51. The Morgan fingerprint density at radius 3 is 2.39 bits per heavy atom. The molecule has 0 heterocycles. The zero-order valence-electron chi connectivity index (χ0n) is 17.2. The van der Waals surface area contributed by atoms with Gasteiger partial charge in [-0.2, -0.15) is 0 Å². The number of benzene rings is 1. The van der Waals surface area contributed by atoms with E-state index in [1.54, 1.807) is 12.1 Å². The van der Waals surface area contributed by atoms with Crippen molar-refractivity contribution in [2.24, 2.45) is 17.3 Å². The van der Waals surface area contributed by atoms with E-state index in [0.29, 0.717) is 18.4 Å². The van der Waals surface area contributed by atoms with Gasteiger partial charge >= 0.3 is 11.9 Å². The minimum Gasteiger partial charge on any atom is -0.458 e. The van der Waals surface area contributed by atoms with Gasteiger partial charge in [0.2, 0.25) is 0 Å². The van der Waals surface area contributed by atoms with E-state index in [-0.39, 0.29) is 41.4 Å². The summed E-state index contributed by atoms with van der Waals surface area (Å²) >= 11 is 0. The molecular weight excluding hydrogens is 352 g/mol. The van der Waals surface area contributed by atoms with Crippen molar-refractivity contribution in [2.75, 3.05) is 0 Å². The summed E-state index contributed by atoms with van der Waals surface area (Å²) in [6.45, 7) is 12.2. The van der Waals surface area contributed by atoms with Crippen molar-refractivity contribution in [3.63, 3.8) is 0 Å². The van der Waals surface area contributed by atoms with Crippen LogP contribution in [0.15, 0.2) is 54.1 Å². The SMILES string of the molecule is C=C1CC(OC(C)=O)C=C(C)CC(OC(=O)c2ccccc2)C2C1CC2(C)C. The zero-order valence-corrected chi connectivity index (χ0v) is 17.2. The molecule has 0 aromatic heterocycles. The monoisotopic (exact) mass is 382 g/mol. The smallest absolute Gasteiger partial charge is 0.338 e. The van der Waals surface area contributed by atoms with Gasteiger partial charge in [0.05, 0.1) is 5.56 Å². The van der Waals surface area contributed by atoms with Crippen molar-refractivity contribution in [1.29, 1.82) is 0 Å². The van der Waals surface area contributed by atoms with Gasteiger partial charge in [0.1, 0.15) is 12.2 Å². The maximum atomic E-state index is 12.7. The number of carbonyl (C=O) groups excluding carboxylic acids is 2. The highest BCUT2D eigenvalue weighted by Gasteiger charge is 2.53. The van der Waals surface area contributed by atoms with Gasteiger partial charge in [-0.25, -0.2) is 4.79 Å². The quantitative estimate of drug-likeness (QED) is 0.539. The molecule has 1 aromatic carbocycles. The van der Waals surface area contributed by atoms with Crippen molar-refractivity contribution < 1.29 is 19.1 Å². The van der Waals surface area contributed by atoms with Gasteiger partial charge in [-0.1, -0.05) is 49.8 Å². The van der Waals surface area contributed by atoms with E-state index >= 15 is 0 Å². The van der Waals surface area contributed by atoms with E-state index in [9.17, 15) is 9.59 Å². The molecule has 150 valence electrons. The van der Waals surface area contributed by atoms with Crippen LogP contribution in [-0.4, -0.2) is 24.1 Å². The molecule has 1 aromatic rings. The van der Waals surface area contributed by atoms with Crippen LogP contribution in [0, 0.1) is 17.3 Å². The topological polar surface area (TPSA) is 52.6 Å². The first-order valence-corrected chi connectivity index (χ1v) is 9.95. The number of carbonyl (C=O) groups is 2. The van der Waals surface area contributed by atoms with Crippen molar-refractivity contribution in [2.45, 2.75) is 59.2 Å². The summed E-state index contributed by atoms with van der Waals surface area (Å²) in [5.74, 6) is -0.118. The molecule has 4 heteroatoms. The Balaban J connectivity index is 1.88. The van der Waals surface area contributed by atoms with Gasteiger partial charge in [0.25, 0.3) is 0 Å². The minimum absolute atomic E-state index is 0.0663. The second-order valence-corrected chi connectivity index (χ2v) is 8.86. The molecule has 28 heavy (non-hydrogen) atoms. The van der Waals surface area contributed by atoms with Crippen LogP contribution >= 0.6 is 0 Å². The summed E-state index contributed by atoms with van der Waals surface area (Å²) in [7, 11) is 0. The molecule has 0 amide bonds. The fourth-order valence-corrected chi connectivity index (χ4v) is 4.86. The molecule has 2 aliphatic rings. The van der Waals surface area contributed by atoms with E-state index in [2.05, 4.69) is 20.4 Å². The molecule has 4 nitrogen and oxygen atoms in total. The van der Waals surface area contributed by atoms with Crippen LogP contribution in [0.4, 0.5) is 0 Å². The van der Waals surface area contributed by atoms with Crippen LogP contribution in [0.25, 0.3) is 0 Å². The third-order valence-electron chi connectivity index (χ3n) is 6.05. The first-order chi connectivity index (χ1) is 13.2. The zero-order chi connectivity index (χ0) is 20.5. The molecular formula is C24H30O4. The molecule has 0 N–H and O–H groups in total. The highest BCUT2D eigenvalue weighted by atomic mass is 16.5. The van der Waals surface area contributed by atoms with Crippen LogP contribution in [-0.2, 0) is 14.3 Å². The number of hydrogen-bond donors (Lipinski definition) is 0. The van der Waals surface area contributed by atoms with Gasteiger partial charge in [-0.15, -0.1) is 0 Å². The Labute approximate surface area is 167 Å². The summed E-state index contributed by atoms with van der Waals surface area (Å²) in [5, 5.41) is 0. The summed E-state index contributed by atoms with van der Waals surface area (Å²) in [5.41, 5.74) is 2.77. The highest BCUT2D eigenvalue weighted by molar-refractivity contribution is 5.89. The average molecular weight is 383 g/mol. The van der Waals surface area contributed by atoms with Crippen molar-refractivity contribution in [3.8, 4) is 0 Å². The van der Waals surface area contributed by atoms with Crippen LogP contribution in [0.2, 0.25) is 0 Å². The number of hydrogen-bond acceptors (Lipinski definition) is 4. The van der Waals surface area contributed by atoms with E-state index in [0.717, 1.165) is 17.6 Å². The second-order valence-electron chi connectivity index (χ2n) is 8.86. The third-order valence-corrected chi connectivity index (χ3v) is 6.05. The first kappa shape index (κ1) is 20.4. The molecule has 4 atom stereocenters. The van der Waals surface area contributed by atoms with Crippen molar-refractivity contribution in [1.82, 2.24) is 0 Å². The lowest BCUT2D eigenvalue weighted by molar-refractivity contribution is -0.144. The molecule has 1 fully saturated rings. The molecule has 0 saturated heterocycles. The lowest BCUT2D eigenvalue weighted by Crippen LogP contribution is -2.52. The summed E-state index contributed by atoms with van der Waals surface area (Å²) in [4.78, 5) is 24.2. The number of ether oxygens (including phenoxy) is 2. The normalized spacial score (nSPS) is 29.1. The van der Waals surface area contributed by atoms with Gasteiger partial charge in [0.15, 0.2) is 0 Å². The third kappa shape index (κ3) is 4.37. The molecule has 1 saturated carbocycles. The van der Waals surface area contributed by atoms with Gasteiger partial charge < -0.3 is 9.47 Å². The van der Waals surface area contributed by atoms with Crippen molar-refractivity contribution in [3.05, 3.63) is 59.7 Å². The molecule has 3 rings (SSSR count). The maximum absolute atomic E-state index is 12.7. The Kier molecular flexibility index (Phi) is 5.78. The van der Waals surface area contributed by atoms with E-state index < -0.39 is 0 Å². The molecule has 2 aliphatic carbocycles. The Hall–Kier alpha value is -2.36. The molecule has 0 bridgehead atoms. The van der Waals surface area contributed by atoms with Gasteiger partial charge in [-0.3, -0.25) is 4.79 Å². The fourth-order valence-electron chi connectivity index (χ4n) is 4.86. The Morgan fingerprint density at radius 1 is 1.11 bits per heavy atom. The van der Waals surface area contributed by atoms with Gasteiger partial charge in [0, 0.05) is 25.7 Å². The number of rotatable bonds is 3. The standard InChI is InChI=1S/C24H30O4/c1-15-11-19(27-17(3)25)13-16(2)20-14-24(4,5)22(20)21(12-15)28-23(26)18-9-7-6-8-10-18/h6-11,19-22H,2,12-14H2,1,3-5H3. The molecule has 4 unspecified atom stereocenters. The summed E-state index contributed by atoms with van der Waals surface area (Å²) in [6, 6.07) is 9.12. The number of fused-ring (bicyclic) bond motifs is 1. The van der Waals surface area contributed by atoms with E-state index in [4.69, 9.17) is 9.47 Å². The number of esters is 2. The molecule has 0 radical (unpaired) electrons. The molecule has 0 aliphatic heterocycles. The summed E-state index contributed by atoms with van der Waals surface area (Å²) < 4.78 is 11.5. The molecule has 0 spiro atoms. The highest BCUT2D eigenvalue weighted by Crippen LogP contribution is 2.57. The first-order valence-electron chi connectivity index (χ1n) is 9.95. The fraction of sp³-hybridized carbons (Fsp3) is 0.500. The van der Waals surface area contributed by atoms with Crippen LogP contribution < -0.4 is 0 Å². The predicted molar refractivity (Wildman–Crippen MR) is 109 cm³/mol. The largest absolute Gasteiger partial charge is 0.458 e. The maximum Gasteiger partial charge on any atom is 0.338 e. The Morgan fingerprint density at radius 2 is 1.79 bits per heavy atom. The average Bonchev–Trinajstić information content (AvgIpc) is 2.62. The van der Waals surface area contributed by atoms with Gasteiger partial charge in [-0.05, 0) is 42.9 Å². The Bertz CT molecular complexity index is 790.